The fourth-order valence-electron chi connectivity index (χ4n) is 3.68. The van der Waals surface area contributed by atoms with Crippen molar-refractivity contribution in [1.29, 1.82) is 0 Å². The molecule has 0 fully saturated rings. The van der Waals surface area contributed by atoms with E-state index in [1.165, 1.54) is 22.4 Å². The van der Waals surface area contributed by atoms with Crippen molar-refractivity contribution < 1.29 is 4.74 Å². The van der Waals surface area contributed by atoms with Crippen LogP contribution in [0.15, 0.2) is 36.7 Å². The molecule has 3 heterocycles. The lowest BCUT2D eigenvalue weighted by atomic mass is 9.98. The first kappa shape index (κ1) is 16.1. The molecule has 0 radical (unpaired) electrons. The number of hydrogen-bond acceptors (Lipinski definition) is 5. The van der Waals surface area contributed by atoms with Gasteiger partial charge in [-0.15, -0.1) is 0 Å². The Bertz CT molecular complexity index is 802. The number of anilines is 1. The van der Waals surface area contributed by atoms with E-state index >= 15 is 0 Å². The highest BCUT2D eigenvalue weighted by molar-refractivity contribution is 5.69. The van der Waals surface area contributed by atoms with E-state index < -0.39 is 0 Å². The number of methoxy groups -OCH3 is 1. The van der Waals surface area contributed by atoms with Gasteiger partial charge in [-0.25, -0.2) is 9.97 Å². The van der Waals surface area contributed by atoms with Crippen molar-refractivity contribution in [1.82, 2.24) is 14.9 Å². The van der Waals surface area contributed by atoms with Gasteiger partial charge in [0.25, 0.3) is 0 Å². The molecule has 2 aromatic rings. The van der Waals surface area contributed by atoms with Crippen LogP contribution in [0.4, 0.5) is 5.82 Å². The monoisotopic (exact) mass is 336 g/mol. The summed E-state index contributed by atoms with van der Waals surface area (Å²) in [5.41, 5.74) is 5.15. The Morgan fingerprint density at radius 2 is 2.04 bits per heavy atom. The lowest BCUT2D eigenvalue weighted by Gasteiger charge is -2.32. The maximum atomic E-state index is 5.35. The fourth-order valence-corrected chi connectivity index (χ4v) is 3.68. The highest BCUT2D eigenvalue weighted by Crippen LogP contribution is 2.30. The fraction of sp³-hybridized carbons (Fsp3) is 0.400. The molecule has 130 valence electrons. The highest BCUT2D eigenvalue weighted by Gasteiger charge is 2.23. The SMILES string of the molecule is COc1cccc(C2=CCN(c3ncnc4c3CN(C)CC4)CC2)c1. The summed E-state index contributed by atoms with van der Waals surface area (Å²) < 4.78 is 5.35. The molecule has 0 N–H and O–H groups in total. The van der Waals surface area contributed by atoms with Crippen molar-refractivity contribution in [3.05, 3.63) is 53.5 Å². The Balaban J connectivity index is 1.57. The van der Waals surface area contributed by atoms with E-state index in [0.717, 1.165) is 50.6 Å². The second-order valence-corrected chi connectivity index (χ2v) is 6.77. The Kier molecular flexibility index (Phi) is 4.40. The van der Waals surface area contributed by atoms with Crippen LogP contribution in [0.3, 0.4) is 0 Å². The molecule has 0 atom stereocenters. The van der Waals surface area contributed by atoms with Gasteiger partial charge in [-0.05, 0) is 36.7 Å². The largest absolute Gasteiger partial charge is 0.497 e. The number of rotatable bonds is 3. The minimum atomic E-state index is 0.889. The lowest BCUT2D eigenvalue weighted by molar-refractivity contribution is 0.309. The van der Waals surface area contributed by atoms with Crippen molar-refractivity contribution in [3.8, 4) is 5.75 Å². The number of fused-ring (bicyclic) bond motifs is 1. The third-order valence-electron chi connectivity index (χ3n) is 5.12. The molecular formula is C20H24N4O. The second kappa shape index (κ2) is 6.84. The summed E-state index contributed by atoms with van der Waals surface area (Å²) in [6, 6.07) is 8.31. The second-order valence-electron chi connectivity index (χ2n) is 6.77. The van der Waals surface area contributed by atoms with Gasteiger partial charge < -0.3 is 14.5 Å². The molecule has 0 amide bonds. The van der Waals surface area contributed by atoms with Crippen LogP contribution in [0.25, 0.3) is 5.57 Å². The zero-order valence-electron chi connectivity index (χ0n) is 14.9. The molecule has 4 rings (SSSR count). The summed E-state index contributed by atoms with van der Waals surface area (Å²) in [7, 11) is 3.88. The van der Waals surface area contributed by atoms with Gasteiger partial charge in [-0.1, -0.05) is 18.2 Å². The molecule has 0 saturated heterocycles. The molecular weight excluding hydrogens is 312 g/mol. The molecule has 0 spiro atoms. The Morgan fingerprint density at radius 1 is 1.12 bits per heavy atom. The topological polar surface area (TPSA) is 41.5 Å². The quantitative estimate of drug-likeness (QED) is 0.862. The zero-order chi connectivity index (χ0) is 17.2. The maximum Gasteiger partial charge on any atom is 0.137 e. The van der Waals surface area contributed by atoms with Crippen LogP contribution in [0.1, 0.15) is 23.2 Å². The van der Waals surface area contributed by atoms with Crippen LogP contribution < -0.4 is 9.64 Å². The minimum absolute atomic E-state index is 0.889. The van der Waals surface area contributed by atoms with Gasteiger partial charge in [0.2, 0.25) is 0 Å². The van der Waals surface area contributed by atoms with Crippen LogP contribution in [0, 0.1) is 0 Å². The van der Waals surface area contributed by atoms with E-state index in [-0.39, 0.29) is 0 Å². The van der Waals surface area contributed by atoms with E-state index in [0.29, 0.717) is 0 Å². The van der Waals surface area contributed by atoms with Crippen LogP contribution >= 0.6 is 0 Å². The van der Waals surface area contributed by atoms with E-state index in [1.54, 1.807) is 13.4 Å². The van der Waals surface area contributed by atoms with Crippen molar-refractivity contribution in [2.75, 3.05) is 38.7 Å². The molecule has 0 aliphatic carbocycles. The number of hydrogen-bond donors (Lipinski definition) is 0. The molecule has 0 saturated carbocycles. The van der Waals surface area contributed by atoms with Crippen LogP contribution in [-0.4, -0.2) is 48.7 Å². The van der Waals surface area contributed by atoms with Crippen LogP contribution in [-0.2, 0) is 13.0 Å². The number of likely N-dealkylation sites (N-methyl/N-ethyl adjacent to an activating group) is 1. The van der Waals surface area contributed by atoms with E-state index in [4.69, 9.17) is 4.74 Å². The summed E-state index contributed by atoms with van der Waals surface area (Å²) in [4.78, 5) is 13.8. The summed E-state index contributed by atoms with van der Waals surface area (Å²) in [5, 5.41) is 0. The van der Waals surface area contributed by atoms with Gasteiger partial charge in [0.15, 0.2) is 0 Å². The molecule has 2 aliphatic rings. The predicted molar refractivity (Wildman–Crippen MR) is 99.9 cm³/mol. The normalized spacial score (nSPS) is 17.8. The summed E-state index contributed by atoms with van der Waals surface area (Å²) in [6.07, 6.45) is 6.07. The molecule has 2 aliphatic heterocycles. The third-order valence-corrected chi connectivity index (χ3v) is 5.12. The van der Waals surface area contributed by atoms with E-state index in [1.807, 2.05) is 6.07 Å². The average Bonchev–Trinajstić information content (AvgIpc) is 2.67. The Morgan fingerprint density at radius 3 is 2.84 bits per heavy atom. The molecule has 5 nitrogen and oxygen atoms in total. The first-order chi connectivity index (χ1) is 12.2. The van der Waals surface area contributed by atoms with Crippen molar-refractivity contribution >= 4 is 11.4 Å². The van der Waals surface area contributed by atoms with Gasteiger partial charge in [0.1, 0.15) is 17.9 Å². The first-order valence-electron chi connectivity index (χ1n) is 8.84. The van der Waals surface area contributed by atoms with Crippen LogP contribution in [0.2, 0.25) is 0 Å². The molecule has 5 heteroatoms. The predicted octanol–water partition coefficient (Wildman–Crippen LogP) is 2.77. The molecule has 0 unspecified atom stereocenters. The number of ether oxygens (including phenoxy) is 1. The standard InChI is InChI=1S/C20H24N4O/c1-23-9-8-19-18(13-23)20(22-14-21-19)24-10-6-15(7-11-24)16-4-3-5-17(12-16)25-2/h3-6,12,14H,7-11,13H2,1-2H3. The van der Waals surface area contributed by atoms with Gasteiger partial charge >= 0.3 is 0 Å². The van der Waals surface area contributed by atoms with Crippen molar-refractivity contribution in [3.63, 3.8) is 0 Å². The molecule has 25 heavy (non-hydrogen) atoms. The lowest BCUT2D eigenvalue weighted by Crippen LogP contribution is -2.34. The summed E-state index contributed by atoms with van der Waals surface area (Å²) in [6.45, 7) is 3.88. The number of aromatic nitrogens is 2. The van der Waals surface area contributed by atoms with Gasteiger partial charge in [0.05, 0.1) is 12.8 Å². The third kappa shape index (κ3) is 3.24. The van der Waals surface area contributed by atoms with Gasteiger partial charge in [0, 0.05) is 38.2 Å². The van der Waals surface area contributed by atoms with Gasteiger partial charge in [-0.3, -0.25) is 0 Å². The highest BCUT2D eigenvalue weighted by atomic mass is 16.5. The molecule has 1 aromatic heterocycles. The summed E-state index contributed by atoms with van der Waals surface area (Å²) in [5.74, 6) is 2.02. The zero-order valence-corrected chi connectivity index (χ0v) is 14.9. The van der Waals surface area contributed by atoms with Gasteiger partial charge in [-0.2, -0.15) is 0 Å². The van der Waals surface area contributed by atoms with Crippen molar-refractivity contribution in [2.45, 2.75) is 19.4 Å². The average molecular weight is 336 g/mol. The van der Waals surface area contributed by atoms with Crippen LogP contribution in [0.5, 0.6) is 5.75 Å². The van der Waals surface area contributed by atoms with E-state index in [9.17, 15) is 0 Å². The Hall–Kier alpha value is -2.40. The number of nitrogens with zero attached hydrogens (tertiary/aromatic N) is 4. The van der Waals surface area contributed by atoms with E-state index in [2.05, 4.69) is 51.1 Å². The smallest absolute Gasteiger partial charge is 0.137 e. The maximum absolute atomic E-state index is 5.35. The summed E-state index contributed by atoms with van der Waals surface area (Å²) >= 11 is 0. The Labute approximate surface area is 149 Å². The molecule has 1 aromatic carbocycles. The van der Waals surface area contributed by atoms with Crippen molar-refractivity contribution in [2.24, 2.45) is 0 Å². The minimum Gasteiger partial charge on any atom is -0.497 e. The number of benzene rings is 1. The molecule has 0 bridgehead atoms. The first-order valence-corrected chi connectivity index (χ1v) is 8.84.